The first kappa shape index (κ1) is 18.1. The molecule has 4 aromatic carbocycles. The molecule has 3 heteroatoms. The molecule has 0 N–H and O–H groups in total. The van der Waals surface area contributed by atoms with Crippen LogP contribution in [0.2, 0.25) is 0 Å². The van der Waals surface area contributed by atoms with Crippen LogP contribution in [0.1, 0.15) is 0 Å². The highest BCUT2D eigenvalue weighted by atomic mass is 16.7. The van der Waals surface area contributed by atoms with Crippen molar-refractivity contribution >= 4 is 21.5 Å². The second kappa shape index (κ2) is 8.15. The van der Waals surface area contributed by atoms with Gasteiger partial charge in [0.25, 0.3) is 0 Å². The summed E-state index contributed by atoms with van der Waals surface area (Å²) in [7, 11) is 1.62. The lowest BCUT2D eigenvalue weighted by molar-refractivity contribution is 0.0516. The van der Waals surface area contributed by atoms with E-state index in [0.29, 0.717) is 6.61 Å². The third kappa shape index (κ3) is 3.32. The van der Waals surface area contributed by atoms with Crippen molar-refractivity contribution in [2.75, 3.05) is 20.5 Å². The normalized spacial score (nSPS) is 10.9. The van der Waals surface area contributed by atoms with Gasteiger partial charge in [-0.25, -0.2) is 0 Å². The molecule has 0 fully saturated rings. The van der Waals surface area contributed by atoms with Crippen LogP contribution in [0.4, 0.5) is 0 Å². The van der Waals surface area contributed by atoms with Crippen LogP contribution in [-0.4, -0.2) is 20.5 Å². The Balaban J connectivity index is 2.08. The number of rotatable bonds is 7. The zero-order chi connectivity index (χ0) is 19.3. The van der Waals surface area contributed by atoms with Crippen LogP contribution >= 0.6 is 0 Å². The minimum Gasteiger partial charge on any atom is -0.489 e. The van der Waals surface area contributed by atoms with Gasteiger partial charge in [0, 0.05) is 18.2 Å². The maximum Gasteiger partial charge on any atom is 0.188 e. The average Bonchev–Trinajstić information content (AvgIpc) is 2.75. The molecule has 4 rings (SSSR count). The number of methoxy groups -OCH3 is 1. The van der Waals surface area contributed by atoms with Gasteiger partial charge in [0.15, 0.2) is 6.79 Å². The molecule has 0 amide bonds. The fraction of sp³-hybridized carbons (Fsp3) is 0.120. The lowest BCUT2D eigenvalue weighted by Crippen LogP contribution is -2.02. The van der Waals surface area contributed by atoms with Gasteiger partial charge >= 0.3 is 0 Å². The second-order valence-corrected chi connectivity index (χ2v) is 6.47. The minimum atomic E-state index is 0.180. The van der Waals surface area contributed by atoms with Gasteiger partial charge in [-0.2, -0.15) is 0 Å². The van der Waals surface area contributed by atoms with Crippen molar-refractivity contribution in [2.45, 2.75) is 0 Å². The number of benzene rings is 4. The summed E-state index contributed by atoms with van der Waals surface area (Å²) in [6.07, 6.45) is 1.75. The van der Waals surface area contributed by atoms with Gasteiger partial charge in [0.05, 0.1) is 0 Å². The Hall–Kier alpha value is -3.30. The predicted molar refractivity (Wildman–Crippen MR) is 115 cm³/mol. The molecule has 0 aliphatic heterocycles. The summed E-state index contributed by atoms with van der Waals surface area (Å²) in [5, 5.41) is 4.51. The summed E-state index contributed by atoms with van der Waals surface area (Å²) in [5.74, 6) is 1.57. The topological polar surface area (TPSA) is 27.7 Å². The summed E-state index contributed by atoms with van der Waals surface area (Å²) in [5.41, 5.74) is 2.02. The molecule has 3 nitrogen and oxygen atoms in total. The molecule has 140 valence electrons. The van der Waals surface area contributed by atoms with Crippen molar-refractivity contribution in [1.29, 1.82) is 0 Å². The standard InChI is InChI=1S/C25H22O3/c1-3-16-27-22-14-12-18-8-4-6-10-20(18)24(22)25-21-11-7-5-9-19(21)13-15-23(25)28-17-26-2/h3-15H,1,16-17H2,2H3. The highest BCUT2D eigenvalue weighted by Crippen LogP contribution is 2.45. The molecule has 0 aliphatic rings. The first-order valence-electron chi connectivity index (χ1n) is 9.23. The van der Waals surface area contributed by atoms with Crippen LogP contribution in [0.15, 0.2) is 85.5 Å². The molecule has 0 radical (unpaired) electrons. The summed E-state index contributed by atoms with van der Waals surface area (Å²) in [6, 6.07) is 24.8. The van der Waals surface area contributed by atoms with Crippen molar-refractivity contribution in [1.82, 2.24) is 0 Å². The Kier molecular flexibility index (Phi) is 5.27. The fourth-order valence-electron chi connectivity index (χ4n) is 3.53. The summed E-state index contributed by atoms with van der Waals surface area (Å²) < 4.78 is 17.2. The molecule has 0 bridgehead atoms. The van der Waals surface area contributed by atoms with E-state index in [1.165, 1.54) is 0 Å². The number of hydrogen-bond acceptors (Lipinski definition) is 3. The average molecular weight is 370 g/mol. The first-order valence-corrected chi connectivity index (χ1v) is 9.23. The largest absolute Gasteiger partial charge is 0.489 e. The van der Waals surface area contributed by atoms with E-state index >= 15 is 0 Å². The van der Waals surface area contributed by atoms with Gasteiger partial charge in [-0.1, -0.05) is 73.3 Å². The Labute approximate surface area is 164 Å². The lowest BCUT2D eigenvalue weighted by Gasteiger charge is -2.19. The van der Waals surface area contributed by atoms with Crippen LogP contribution in [0.3, 0.4) is 0 Å². The van der Waals surface area contributed by atoms with Gasteiger partial charge in [-0.3, -0.25) is 0 Å². The van der Waals surface area contributed by atoms with E-state index in [0.717, 1.165) is 44.2 Å². The smallest absolute Gasteiger partial charge is 0.188 e. The van der Waals surface area contributed by atoms with Crippen LogP contribution in [0.5, 0.6) is 11.5 Å². The molecule has 28 heavy (non-hydrogen) atoms. The molecule has 0 spiro atoms. The minimum absolute atomic E-state index is 0.180. The fourth-order valence-corrected chi connectivity index (χ4v) is 3.53. The Morgan fingerprint density at radius 2 is 1.25 bits per heavy atom. The molecule has 0 saturated carbocycles. The van der Waals surface area contributed by atoms with Gasteiger partial charge in [0.1, 0.15) is 18.1 Å². The first-order chi connectivity index (χ1) is 13.8. The quantitative estimate of drug-likeness (QED) is 0.286. The van der Waals surface area contributed by atoms with Gasteiger partial charge in [0.2, 0.25) is 0 Å². The monoisotopic (exact) mass is 370 g/mol. The molecule has 0 unspecified atom stereocenters. The third-order valence-corrected chi connectivity index (χ3v) is 4.72. The van der Waals surface area contributed by atoms with E-state index in [4.69, 9.17) is 14.2 Å². The van der Waals surface area contributed by atoms with Crippen molar-refractivity contribution in [3.05, 3.63) is 85.5 Å². The van der Waals surface area contributed by atoms with Crippen LogP contribution < -0.4 is 9.47 Å². The lowest BCUT2D eigenvalue weighted by atomic mass is 9.92. The van der Waals surface area contributed by atoms with Gasteiger partial charge < -0.3 is 14.2 Å². The summed E-state index contributed by atoms with van der Waals surface area (Å²) >= 11 is 0. The van der Waals surface area contributed by atoms with Crippen LogP contribution in [0.25, 0.3) is 32.7 Å². The van der Waals surface area contributed by atoms with Crippen molar-refractivity contribution in [2.24, 2.45) is 0 Å². The molecular formula is C25H22O3. The second-order valence-electron chi connectivity index (χ2n) is 6.47. The summed E-state index contributed by atoms with van der Waals surface area (Å²) in [4.78, 5) is 0. The van der Waals surface area contributed by atoms with Gasteiger partial charge in [-0.15, -0.1) is 0 Å². The highest BCUT2D eigenvalue weighted by molar-refractivity contribution is 6.09. The zero-order valence-electron chi connectivity index (χ0n) is 15.9. The van der Waals surface area contributed by atoms with E-state index < -0.39 is 0 Å². The van der Waals surface area contributed by atoms with E-state index in [9.17, 15) is 0 Å². The molecule has 0 atom stereocenters. The van der Waals surface area contributed by atoms with E-state index in [1.807, 2.05) is 36.4 Å². The van der Waals surface area contributed by atoms with Crippen molar-refractivity contribution in [3.8, 4) is 22.6 Å². The molecule has 0 aliphatic carbocycles. The predicted octanol–water partition coefficient (Wildman–Crippen LogP) is 6.21. The van der Waals surface area contributed by atoms with Gasteiger partial charge in [-0.05, 0) is 33.7 Å². The number of fused-ring (bicyclic) bond motifs is 2. The number of ether oxygens (including phenoxy) is 3. The highest BCUT2D eigenvalue weighted by Gasteiger charge is 2.18. The van der Waals surface area contributed by atoms with E-state index in [1.54, 1.807) is 13.2 Å². The van der Waals surface area contributed by atoms with E-state index in [2.05, 4.69) is 43.0 Å². The molecular weight excluding hydrogens is 348 g/mol. The maximum absolute atomic E-state index is 6.05. The maximum atomic E-state index is 6.05. The Morgan fingerprint density at radius 1 is 0.714 bits per heavy atom. The van der Waals surface area contributed by atoms with Crippen LogP contribution in [0, 0.1) is 0 Å². The van der Waals surface area contributed by atoms with Crippen molar-refractivity contribution in [3.63, 3.8) is 0 Å². The number of hydrogen-bond donors (Lipinski definition) is 0. The Bertz CT molecular complexity index is 1130. The summed E-state index contributed by atoms with van der Waals surface area (Å²) in [6.45, 7) is 4.40. The van der Waals surface area contributed by atoms with Crippen LogP contribution in [-0.2, 0) is 4.74 Å². The Morgan fingerprint density at radius 3 is 1.79 bits per heavy atom. The molecule has 4 aromatic rings. The molecule has 0 heterocycles. The molecule has 0 aromatic heterocycles. The third-order valence-electron chi connectivity index (χ3n) is 4.72. The zero-order valence-corrected chi connectivity index (χ0v) is 15.9. The SMILES string of the molecule is C=CCOc1ccc2ccccc2c1-c1c(OCOC)ccc2ccccc12. The van der Waals surface area contributed by atoms with Crippen molar-refractivity contribution < 1.29 is 14.2 Å². The van der Waals surface area contributed by atoms with E-state index in [-0.39, 0.29) is 6.79 Å². The molecule has 0 saturated heterocycles.